The summed E-state index contributed by atoms with van der Waals surface area (Å²) in [6, 6.07) is -1.03. The monoisotopic (exact) mass is 1080 g/mol. The number of carbonyl (C=O) groups excluding carboxylic acids is 2. The standard InChI is InChI=1S/C65H121NO10/c1-4-7-10-13-16-19-22-25-26-27-28-29-30-31-32-33-34-35-38-41-44-47-50-53-60(70)76-63-62(72)61(71)59(54-67)75-65(63)74-55-56(57(68)51-48-45-42-39-36-23-20-17-14-11-8-5-2)66-64(73)58(69)52-49-46-43-40-37-24-21-18-15-12-9-6-3/h25-26,37,40,48,51,56-59,61-63,65,67-69,71-72H,4-24,27-36,38-39,41-47,49-50,52-55H2,1-3H3,(H,66,73)/b26-25+,40-37-,51-48+. The number of ether oxygens (including phenoxy) is 3. The minimum absolute atomic E-state index is 0.125. The molecule has 1 rings (SSSR count). The van der Waals surface area contributed by atoms with E-state index in [0.29, 0.717) is 12.8 Å². The first-order chi connectivity index (χ1) is 37.2. The first kappa shape index (κ1) is 71.9. The first-order valence-corrected chi connectivity index (χ1v) is 32.3. The van der Waals surface area contributed by atoms with E-state index < -0.39 is 67.4 Å². The fourth-order valence-electron chi connectivity index (χ4n) is 10.1. The predicted octanol–water partition coefficient (Wildman–Crippen LogP) is 15.5. The Morgan fingerprint density at radius 3 is 1.28 bits per heavy atom. The summed E-state index contributed by atoms with van der Waals surface area (Å²) in [7, 11) is 0. The number of esters is 1. The number of allylic oxidation sites excluding steroid dienone is 5. The van der Waals surface area contributed by atoms with Gasteiger partial charge < -0.3 is 45.1 Å². The largest absolute Gasteiger partial charge is 0.454 e. The molecule has 11 nitrogen and oxygen atoms in total. The lowest BCUT2D eigenvalue weighted by Gasteiger charge is -2.41. The molecule has 8 unspecified atom stereocenters. The molecule has 0 saturated carbocycles. The average molecular weight is 1080 g/mol. The Bertz CT molecular complexity index is 1380. The van der Waals surface area contributed by atoms with Crippen molar-refractivity contribution in [3.63, 3.8) is 0 Å². The molecule has 8 atom stereocenters. The second kappa shape index (κ2) is 53.5. The summed E-state index contributed by atoms with van der Waals surface area (Å²) < 4.78 is 17.6. The van der Waals surface area contributed by atoms with Crippen LogP contribution in [-0.4, -0.2) is 99.6 Å². The van der Waals surface area contributed by atoms with Gasteiger partial charge in [0.1, 0.15) is 24.4 Å². The summed E-state index contributed by atoms with van der Waals surface area (Å²) in [6.07, 6.45) is 53.4. The fourth-order valence-corrected chi connectivity index (χ4v) is 10.1. The van der Waals surface area contributed by atoms with Crippen LogP contribution in [0.3, 0.4) is 0 Å². The van der Waals surface area contributed by atoms with Crippen LogP contribution in [0.1, 0.15) is 303 Å². The number of carbonyl (C=O) groups is 2. The van der Waals surface area contributed by atoms with Crippen molar-refractivity contribution in [1.82, 2.24) is 5.32 Å². The number of nitrogens with one attached hydrogen (secondary N) is 1. The van der Waals surface area contributed by atoms with Crippen LogP contribution in [0.25, 0.3) is 0 Å². The van der Waals surface area contributed by atoms with Crippen LogP contribution in [0.2, 0.25) is 0 Å². The third-order valence-corrected chi connectivity index (χ3v) is 15.3. The molecule has 0 aromatic rings. The van der Waals surface area contributed by atoms with Crippen LogP contribution in [0.5, 0.6) is 0 Å². The zero-order valence-electron chi connectivity index (χ0n) is 49.4. The molecule has 446 valence electrons. The van der Waals surface area contributed by atoms with Gasteiger partial charge in [-0.1, -0.05) is 256 Å². The Morgan fingerprint density at radius 2 is 0.868 bits per heavy atom. The molecule has 1 fully saturated rings. The summed E-state index contributed by atoms with van der Waals surface area (Å²) in [5.74, 6) is -1.20. The van der Waals surface area contributed by atoms with Crippen LogP contribution in [0, 0.1) is 0 Å². The Morgan fingerprint density at radius 1 is 0.500 bits per heavy atom. The number of hydrogen-bond acceptors (Lipinski definition) is 10. The fraction of sp³-hybridized carbons (Fsp3) is 0.877. The van der Waals surface area contributed by atoms with Gasteiger partial charge >= 0.3 is 5.97 Å². The van der Waals surface area contributed by atoms with Crippen molar-refractivity contribution in [2.24, 2.45) is 0 Å². The Balaban J connectivity index is 2.60. The predicted molar refractivity (Wildman–Crippen MR) is 315 cm³/mol. The molecule has 1 aliphatic heterocycles. The molecule has 1 aliphatic rings. The van der Waals surface area contributed by atoms with E-state index in [4.69, 9.17) is 14.2 Å². The summed E-state index contributed by atoms with van der Waals surface area (Å²) in [4.78, 5) is 26.5. The minimum Gasteiger partial charge on any atom is -0.454 e. The number of aliphatic hydroxyl groups is 5. The zero-order chi connectivity index (χ0) is 55.4. The van der Waals surface area contributed by atoms with Crippen molar-refractivity contribution >= 4 is 11.9 Å². The highest BCUT2D eigenvalue weighted by molar-refractivity contribution is 5.80. The van der Waals surface area contributed by atoms with E-state index in [1.54, 1.807) is 6.08 Å². The molecule has 0 bridgehead atoms. The third-order valence-electron chi connectivity index (χ3n) is 15.3. The van der Waals surface area contributed by atoms with E-state index in [9.17, 15) is 35.1 Å². The lowest BCUT2D eigenvalue weighted by molar-refractivity contribution is -0.305. The second-order valence-corrected chi connectivity index (χ2v) is 22.5. The maximum Gasteiger partial charge on any atom is 0.306 e. The molecule has 0 aromatic heterocycles. The molecule has 0 aliphatic carbocycles. The lowest BCUT2D eigenvalue weighted by atomic mass is 9.99. The lowest BCUT2D eigenvalue weighted by Crippen LogP contribution is -2.61. The van der Waals surface area contributed by atoms with E-state index >= 15 is 0 Å². The van der Waals surface area contributed by atoms with Crippen molar-refractivity contribution in [1.29, 1.82) is 0 Å². The van der Waals surface area contributed by atoms with Gasteiger partial charge in [0.15, 0.2) is 12.4 Å². The molecule has 76 heavy (non-hydrogen) atoms. The van der Waals surface area contributed by atoms with E-state index in [1.165, 1.54) is 199 Å². The van der Waals surface area contributed by atoms with Crippen molar-refractivity contribution in [2.75, 3.05) is 13.2 Å². The van der Waals surface area contributed by atoms with Gasteiger partial charge in [-0.3, -0.25) is 9.59 Å². The Labute approximate surface area is 466 Å². The van der Waals surface area contributed by atoms with Gasteiger partial charge in [0, 0.05) is 6.42 Å². The molecule has 0 spiro atoms. The molecule has 0 aromatic carbocycles. The van der Waals surface area contributed by atoms with Crippen molar-refractivity contribution in [3.8, 4) is 0 Å². The van der Waals surface area contributed by atoms with Crippen LogP contribution in [0.4, 0.5) is 0 Å². The van der Waals surface area contributed by atoms with E-state index in [0.717, 1.165) is 57.8 Å². The summed E-state index contributed by atoms with van der Waals surface area (Å²) in [5.41, 5.74) is 0. The molecule has 0 radical (unpaired) electrons. The van der Waals surface area contributed by atoms with E-state index in [-0.39, 0.29) is 19.4 Å². The van der Waals surface area contributed by atoms with Gasteiger partial charge in [0.2, 0.25) is 5.91 Å². The van der Waals surface area contributed by atoms with Crippen LogP contribution >= 0.6 is 0 Å². The molecule has 1 saturated heterocycles. The summed E-state index contributed by atoms with van der Waals surface area (Å²) >= 11 is 0. The second-order valence-electron chi connectivity index (χ2n) is 22.5. The normalized spacial score (nSPS) is 19.3. The molecule has 11 heteroatoms. The van der Waals surface area contributed by atoms with Crippen LogP contribution in [0.15, 0.2) is 36.5 Å². The molecular formula is C65H121NO10. The van der Waals surface area contributed by atoms with Crippen LogP contribution < -0.4 is 5.32 Å². The quantitative estimate of drug-likeness (QED) is 0.0195. The van der Waals surface area contributed by atoms with Gasteiger partial charge in [-0.25, -0.2) is 0 Å². The highest BCUT2D eigenvalue weighted by atomic mass is 16.7. The maximum atomic E-state index is 13.4. The van der Waals surface area contributed by atoms with Gasteiger partial charge in [-0.15, -0.1) is 0 Å². The average Bonchev–Trinajstić information content (AvgIpc) is 3.42. The van der Waals surface area contributed by atoms with Gasteiger partial charge in [-0.2, -0.15) is 0 Å². The van der Waals surface area contributed by atoms with Gasteiger partial charge in [-0.05, 0) is 77.0 Å². The highest BCUT2D eigenvalue weighted by Gasteiger charge is 2.47. The van der Waals surface area contributed by atoms with Crippen molar-refractivity contribution < 1.29 is 49.3 Å². The minimum atomic E-state index is -1.61. The number of hydrogen-bond donors (Lipinski definition) is 6. The molecule has 1 heterocycles. The summed E-state index contributed by atoms with van der Waals surface area (Å²) in [5, 5.41) is 56.9. The van der Waals surface area contributed by atoms with Crippen molar-refractivity contribution in [3.05, 3.63) is 36.5 Å². The molecule has 6 N–H and O–H groups in total. The number of aliphatic hydroxyl groups excluding tert-OH is 5. The molecular weight excluding hydrogens is 955 g/mol. The van der Waals surface area contributed by atoms with E-state index in [2.05, 4.69) is 50.4 Å². The Kier molecular flexibility index (Phi) is 50.6. The maximum absolute atomic E-state index is 13.4. The number of amides is 1. The molecule has 1 amide bonds. The highest BCUT2D eigenvalue weighted by Crippen LogP contribution is 2.26. The SMILES string of the molecule is CCCCCCCC/C=C\CCCCC(O)C(=O)NC(COC1OC(CO)C(O)C(O)C1OC(=O)CCCCCCCCCCCCCCC/C=C/CCCCCCCC)C(O)/C=C/CCCCCCCCCCCC. The van der Waals surface area contributed by atoms with Crippen LogP contribution in [-0.2, 0) is 23.8 Å². The van der Waals surface area contributed by atoms with Gasteiger partial charge in [0.25, 0.3) is 0 Å². The third kappa shape index (κ3) is 41.0. The van der Waals surface area contributed by atoms with Crippen molar-refractivity contribution in [2.45, 2.75) is 352 Å². The topological polar surface area (TPSA) is 175 Å². The zero-order valence-corrected chi connectivity index (χ0v) is 49.4. The smallest absolute Gasteiger partial charge is 0.306 e. The Hall–Kier alpha value is -2.12. The first-order valence-electron chi connectivity index (χ1n) is 32.3. The number of unbranched alkanes of at least 4 members (excludes halogenated alkanes) is 37. The van der Waals surface area contributed by atoms with E-state index in [1.807, 2.05) is 6.08 Å². The number of rotatable bonds is 55. The summed E-state index contributed by atoms with van der Waals surface area (Å²) in [6.45, 7) is 5.78. The van der Waals surface area contributed by atoms with Gasteiger partial charge in [0.05, 0.1) is 25.4 Å².